The van der Waals surface area contributed by atoms with E-state index in [0.29, 0.717) is 18.2 Å². The van der Waals surface area contributed by atoms with Crippen molar-refractivity contribution in [3.8, 4) is 0 Å². The fourth-order valence-electron chi connectivity index (χ4n) is 2.65. The number of aromatic nitrogens is 2. The molecule has 0 aromatic carbocycles. The van der Waals surface area contributed by atoms with Gasteiger partial charge in [-0.15, -0.1) is 0 Å². The van der Waals surface area contributed by atoms with Crippen molar-refractivity contribution < 1.29 is 14.4 Å². The number of nitrogens with zero attached hydrogens (tertiary/aromatic N) is 2. The summed E-state index contributed by atoms with van der Waals surface area (Å²) in [6.45, 7) is 0. The summed E-state index contributed by atoms with van der Waals surface area (Å²) in [5.74, 6) is 0.993. The third-order valence-corrected chi connectivity index (χ3v) is 3.93. The highest BCUT2D eigenvalue weighted by molar-refractivity contribution is 5.75. The van der Waals surface area contributed by atoms with Crippen LogP contribution in [-0.4, -0.2) is 21.2 Å². The molecule has 1 aromatic heterocycles. The molecule has 2 aliphatic rings. The normalized spacial score (nSPS) is 22.8. The Kier molecular flexibility index (Phi) is 2.42. The lowest BCUT2D eigenvalue weighted by atomic mass is 9.83. The first-order valence-corrected chi connectivity index (χ1v) is 6.25. The van der Waals surface area contributed by atoms with Crippen LogP contribution in [0.25, 0.3) is 0 Å². The predicted octanol–water partition coefficient (Wildman–Crippen LogP) is 2.13. The van der Waals surface area contributed by atoms with Crippen molar-refractivity contribution in [2.45, 2.75) is 50.9 Å². The Balaban J connectivity index is 1.77. The standard InChI is InChI=1S/C12H16N2O3/c15-11(16)12(5-1-2-6-12)7-9-13-10(14-17-9)8-3-4-8/h8H,1-7H2,(H,15,16). The molecule has 0 spiro atoms. The van der Waals surface area contributed by atoms with E-state index in [1.165, 1.54) is 0 Å². The van der Waals surface area contributed by atoms with Gasteiger partial charge in [0, 0.05) is 12.3 Å². The number of hydrogen-bond donors (Lipinski definition) is 1. The van der Waals surface area contributed by atoms with Gasteiger partial charge < -0.3 is 9.63 Å². The molecule has 0 aliphatic heterocycles. The monoisotopic (exact) mass is 236 g/mol. The smallest absolute Gasteiger partial charge is 0.310 e. The van der Waals surface area contributed by atoms with Crippen LogP contribution in [0.3, 0.4) is 0 Å². The fraction of sp³-hybridized carbons (Fsp3) is 0.750. The summed E-state index contributed by atoms with van der Waals surface area (Å²) in [5, 5.41) is 13.3. The first kappa shape index (κ1) is 10.7. The molecule has 2 fully saturated rings. The molecule has 5 nitrogen and oxygen atoms in total. The topological polar surface area (TPSA) is 76.2 Å². The van der Waals surface area contributed by atoms with Gasteiger partial charge in [0.25, 0.3) is 0 Å². The van der Waals surface area contributed by atoms with Crippen LogP contribution in [0, 0.1) is 5.41 Å². The van der Waals surface area contributed by atoms with E-state index in [4.69, 9.17) is 4.52 Å². The van der Waals surface area contributed by atoms with Gasteiger partial charge in [-0.1, -0.05) is 18.0 Å². The Morgan fingerprint density at radius 1 is 1.41 bits per heavy atom. The molecule has 17 heavy (non-hydrogen) atoms. The van der Waals surface area contributed by atoms with Gasteiger partial charge in [-0.2, -0.15) is 4.98 Å². The molecule has 0 amide bonds. The first-order chi connectivity index (χ1) is 8.20. The zero-order valence-corrected chi connectivity index (χ0v) is 9.69. The number of rotatable bonds is 4. The van der Waals surface area contributed by atoms with Crippen molar-refractivity contribution in [3.63, 3.8) is 0 Å². The summed E-state index contributed by atoms with van der Waals surface area (Å²) in [5.41, 5.74) is -0.659. The number of aliphatic carboxylic acids is 1. The van der Waals surface area contributed by atoms with Gasteiger partial charge >= 0.3 is 5.97 Å². The van der Waals surface area contributed by atoms with E-state index in [1.807, 2.05) is 0 Å². The number of carbonyl (C=O) groups is 1. The minimum Gasteiger partial charge on any atom is -0.481 e. The molecule has 1 N–H and O–H groups in total. The molecule has 0 radical (unpaired) electrons. The van der Waals surface area contributed by atoms with Crippen LogP contribution in [0.5, 0.6) is 0 Å². The maximum Gasteiger partial charge on any atom is 0.310 e. The van der Waals surface area contributed by atoms with Crippen LogP contribution >= 0.6 is 0 Å². The second kappa shape index (κ2) is 3.82. The van der Waals surface area contributed by atoms with Gasteiger partial charge in [0.15, 0.2) is 5.82 Å². The molecule has 92 valence electrons. The van der Waals surface area contributed by atoms with Crippen molar-refractivity contribution in [1.82, 2.24) is 10.1 Å². The summed E-state index contributed by atoms with van der Waals surface area (Å²) < 4.78 is 5.18. The quantitative estimate of drug-likeness (QED) is 0.866. The molecule has 2 aliphatic carbocycles. The predicted molar refractivity (Wildman–Crippen MR) is 58.5 cm³/mol. The molecule has 0 saturated heterocycles. The lowest BCUT2D eigenvalue weighted by Gasteiger charge is -2.21. The Bertz CT molecular complexity index is 431. The van der Waals surface area contributed by atoms with Crippen LogP contribution in [0.2, 0.25) is 0 Å². The van der Waals surface area contributed by atoms with Gasteiger partial charge in [-0.25, -0.2) is 0 Å². The highest BCUT2D eigenvalue weighted by Crippen LogP contribution is 2.42. The van der Waals surface area contributed by atoms with E-state index in [0.717, 1.165) is 44.3 Å². The first-order valence-electron chi connectivity index (χ1n) is 6.25. The molecule has 0 bridgehead atoms. The van der Waals surface area contributed by atoms with Gasteiger partial charge in [-0.3, -0.25) is 4.79 Å². The van der Waals surface area contributed by atoms with Crippen molar-refractivity contribution >= 4 is 5.97 Å². The molecule has 0 atom stereocenters. The SMILES string of the molecule is O=C(O)C1(Cc2nc(C3CC3)no2)CCCC1. The average Bonchev–Trinajstić information content (AvgIpc) is 2.87. The molecule has 2 saturated carbocycles. The van der Waals surface area contributed by atoms with E-state index in [2.05, 4.69) is 10.1 Å². The highest BCUT2D eigenvalue weighted by Gasteiger charge is 2.43. The zero-order valence-electron chi connectivity index (χ0n) is 9.69. The molecular formula is C12H16N2O3. The van der Waals surface area contributed by atoms with Crippen LogP contribution in [0.1, 0.15) is 56.2 Å². The summed E-state index contributed by atoms with van der Waals surface area (Å²) >= 11 is 0. The third kappa shape index (κ3) is 1.94. The highest BCUT2D eigenvalue weighted by atomic mass is 16.5. The minimum atomic E-state index is -0.721. The van der Waals surface area contributed by atoms with Gasteiger partial charge in [0.1, 0.15) is 0 Å². The summed E-state index contributed by atoms with van der Waals surface area (Å²) in [6, 6.07) is 0. The summed E-state index contributed by atoms with van der Waals surface area (Å²) in [4.78, 5) is 15.7. The van der Waals surface area contributed by atoms with E-state index in [1.54, 1.807) is 0 Å². The van der Waals surface area contributed by atoms with Gasteiger partial charge in [0.05, 0.1) is 5.41 Å². The zero-order chi connectivity index (χ0) is 11.9. The molecule has 1 aromatic rings. The summed E-state index contributed by atoms with van der Waals surface area (Å²) in [6.07, 6.45) is 6.06. The van der Waals surface area contributed by atoms with E-state index < -0.39 is 11.4 Å². The van der Waals surface area contributed by atoms with Crippen molar-refractivity contribution in [2.24, 2.45) is 5.41 Å². The van der Waals surface area contributed by atoms with Crippen LogP contribution < -0.4 is 0 Å². The second-order valence-electron chi connectivity index (χ2n) is 5.29. The van der Waals surface area contributed by atoms with Crippen molar-refractivity contribution in [2.75, 3.05) is 0 Å². The Hall–Kier alpha value is -1.39. The third-order valence-electron chi connectivity index (χ3n) is 3.93. The Morgan fingerprint density at radius 3 is 2.71 bits per heavy atom. The number of carboxylic acid groups (broad SMARTS) is 1. The van der Waals surface area contributed by atoms with Crippen LogP contribution in [0.4, 0.5) is 0 Å². The lowest BCUT2D eigenvalue weighted by molar-refractivity contribution is -0.148. The largest absolute Gasteiger partial charge is 0.481 e. The molecule has 5 heteroatoms. The summed E-state index contributed by atoms with van der Waals surface area (Å²) in [7, 11) is 0. The van der Waals surface area contributed by atoms with Crippen LogP contribution in [-0.2, 0) is 11.2 Å². The molecule has 0 unspecified atom stereocenters. The lowest BCUT2D eigenvalue weighted by Crippen LogP contribution is -2.30. The van der Waals surface area contributed by atoms with E-state index in [9.17, 15) is 9.90 Å². The number of carboxylic acids is 1. The Morgan fingerprint density at radius 2 is 2.12 bits per heavy atom. The number of hydrogen-bond acceptors (Lipinski definition) is 4. The Labute approximate surface area is 99.2 Å². The maximum atomic E-state index is 11.4. The van der Waals surface area contributed by atoms with Crippen LogP contribution in [0.15, 0.2) is 4.52 Å². The van der Waals surface area contributed by atoms with Crippen molar-refractivity contribution in [1.29, 1.82) is 0 Å². The fourth-order valence-corrected chi connectivity index (χ4v) is 2.65. The molecule has 3 rings (SSSR count). The van der Waals surface area contributed by atoms with Gasteiger partial charge in [-0.05, 0) is 25.7 Å². The second-order valence-corrected chi connectivity index (χ2v) is 5.29. The van der Waals surface area contributed by atoms with Crippen molar-refractivity contribution in [3.05, 3.63) is 11.7 Å². The van der Waals surface area contributed by atoms with E-state index in [-0.39, 0.29) is 0 Å². The maximum absolute atomic E-state index is 11.4. The average molecular weight is 236 g/mol. The molecular weight excluding hydrogens is 220 g/mol. The van der Waals surface area contributed by atoms with Gasteiger partial charge in [0.2, 0.25) is 5.89 Å². The minimum absolute atomic E-state index is 0.391. The molecule has 1 heterocycles. The van der Waals surface area contributed by atoms with E-state index >= 15 is 0 Å².